The summed E-state index contributed by atoms with van der Waals surface area (Å²) < 4.78 is 11.2. The summed E-state index contributed by atoms with van der Waals surface area (Å²) in [6, 6.07) is 2.78. The van der Waals surface area contributed by atoms with Gasteiger partial charge in [-0.05, 0) is 20.8 Å². The van der Waals surface area contributed by atoms with E-state index in [4.69, 9.17) is 9.47 Å². The summed E-state index contributed by atoms with van der Waals surface area (Å²) >= 11 is 0. The zero-order chi connectivity index (χ0) is 12.7. The predicted molar refractivity (Wildman–Crippen MR) is 59.4 cm³/mol. The molecule has 0 spiro atoms. The quantitative estimate of drug-likeness (QED) is 0.581. The van der Waals surface area contributed by atoms with Crippen molar-refractivity contribution < 1.29 is 14.4 Å². The van der Waals surface area contributed by atoms with E-state index in [0.29, 0.717) is 12.3 Å². The van der Waals surface area contributed by atoms with E-state index in [1.807, 2.05) is 6.92 Å². The summed E-state index contributed by atoms with van der Waals surface area (Å²) in [4.78, 5) is 14.4. The second-order valence-corrected chi connectivity index (χ2v) is 4.68. The van der Waals surface area contributed by atoms with E-state index in [0.717, 1.165) is 0 Å². The Labute approximate surface area is 98.7 Å². The van der Waals surface area contributed by atoms with Crippen LogP contribution in [-0.4, -0.2) is 22.3 Å². The molecule has 0 N–H and O–H groups in total. The van der Waals surface area contributed by atoms with Gasteiger partial charge in [0.15, 0.2) is 5.79 Å². The number of rotatable bonds is 2. The highest BCUT2D eigenvalue weighted by molar-refractivity contribution is 5.32. The fraction of sp³-hybridized carbons (Fsp3) is 0.545. The highest BCUT2D eigenvalue weighted by atomic mass is 16.8. The topological polar surface area (TPSA) is 74.5 Å². The molecule has 1 fully saturated rings. The molecule has 2 heterocycles. The zero-order valence-corrected chi connectivity index (χ0v) is 9.97. The van der Waals surface area contributed by atoms with Crippen LogP contribution in [0.25, 0.3) is 0 Å². The minimum atomic E-state index is -0.741. The summed E-state index contributed by atoms with van der Waals surface area (Å²) in [5.74, 6) is -0.693. The number of pyridine rings is 1. The van der Waals surface area contributed by atoms with Gasteiger partial charge >= 0.3 is 0 Å². The third kappa shape index (κ3) is 2.27. The van der Waals surface area contributed by atoms with Crippen molar-refractivity contribution in [3.63, 3.8) is 0 Å². The number of nitro groups is 1. The Kier molecular flexibility index (Phi) is 2.63. The maximum absolute atomic E-state index is 10.7. The molecule has 0 unspecified atom stereocenters. The van der Waals surface area contributed by atoms with Crippen molar-refractivity contribution in [3.8, 4) is 0 Å². The molecule has 1 aliphatic rings. The van der Waals surface area contributed by atoms with Crippen molar-refractivity contribution in [1.82, 2.24) is 4.98 Å². The van der Waals surface area contributed by atoms with E-state index in [-0.39, 0.29) is 5.69 Å². The van der Waals surface area contributed by atoms with E-state index in [1.165, 1.54) is 18.3 Å². The molecule has 17 heavy (non-hydrogen) atoms. The van der Waals surface area contributed by atoms with Gasteiger partial charge in [-0.2, -0.15) is 0 Å². The van der Waals surface area contributed by atoms with E-state index in [9.17, 15) is 10.1 Å². The Morgan fingerprint density at radius 1 is 1.47 bits per heavy atom. The minimum Gasteiger partial charge on any atom is -0.347 e. The Morgan fingerprint density at radius 3 is 2.71 bits per heavy atom. The molecule has 2 rings (SSSR count). The maximum Gasteiger partial charge on any atom is 0.272 e. The number of ether oxygens (including phenoxy) is 2. The second-order valence-electron chi connectivity index (χ2n) is 4.68. The van der Waals surface area contributed by atoms with Crippen LogP contribution in [0, 0.1) is 10.1 Å². The molecule has 1 saturated heterocycles. The highest BCUT2D eigenvalue weighted by Gasteiger charge is 2.44. The minimum absolute atomic E-state index is 0.00420. The fourth-order valence-corrected chi connectivity index (χ4v) is 1.86. The molecule has 1 aromatic rings. The van der Waals surface area contributed by atoms with E-state index in [2.05, 4.69) is 4.98 Å². The summed E-state index contributed by atoms with van der Waals surface area (Å²) in [6.45, 7) is 5.74. The van der Waals surface area contributed by atoms with Crippen molar-refractivity contribution in [2.24, 2.45) is 0 Å². The van der Waals surface area contributed by atoms with Crippen LogP contribution in [0.2, 0.25) is 0 Å². The summed E-state index contributed by atoms with van der Waals surface area (Å²) in [5, 5.41) is 10.7. The normalized spacial score (nSPS) is 27.0. The lowest BCUT2D eigenvalue weighted by Crippen LogP contribution is -2.29. The number of nitrogens with zero attached hydrogens (tertiary/aromatic N) is 2. The first kappa shape index (κ1) is 11.9. The van der Waals surface area contributed by atoms with Gasteiger partial charge in [0.2, 0.25) is 0 Å². The van der Waals surface area contributed by atoms with Crippen LogP contribution in [-0.2, 0) is 15.1 Å². The fourth-order valence-electron chi connectivity index (χ4n) is 1.86. The first-order valence-electron chi connectivity index (χ1n) is 5.27. The smallest absolute Gasteiger partial charge is 0.272 e. The van der Waals surface area contributed by atoms with Crippen LogP contribution in [0.1, 0.15) is 26.5 Å². The molecule has 0 aromatic carbocycles. The third-order valence-corrected chi connectivity index (χ3v) is 2.66. The van der Waals surface area contributed by atoms with Gasteiger partial charge in [0.25, 0.3) is 5.69 Å². The molecular weight excluding hydrogens is 224 g/mol. The molecule has 1 atom stereocenters. The number of hydrogen-bond donors (Lipinski definition) is 0. The lowest BCUT2D eigenvalue weighted by Gasteiger charge is -2.24. The van der Waals surface area contributed by atoms with E-state index < -0.39 is 16.3 Å². The summed E-state index contributed by atoms with van der Waals surface area (Å²) in [5.41, 5.74) is -0.225. The van der Waals surface area contributed by atoms with Crippen molar-refractivity contribution in [2.75, 3.05) is 6.61 Å². The molecule has 0 saturated carbocycles. The molecule has 0 amide bonds. The maximum atomic E-state index is 10.7. The second kappa shape index (κ2) is 3.75. The molecule has 0 radical (unpaired) electrons. The lowest BCUT2D eigenvalue weighted by atomic mass is 10.0. The van der Waals surface area contributed by atoms with Crippen LogP contribution in [0.3, 0.4) is 0 Å². The van der Waals surface area contributed by atoms with Gasteiger partial charge in [0.05, 0.1) is 17.2 Å². The molecule has 6 heteroatoms. The van der Waals surface area contributed by atoms with Crippen molar-refractivity contribution in [3.05, 3.63) is 34.1 Å². The van der Waals surface area contributed by atoms with Gasteiger partial charge in [-0.25, -0.2) is 0 Å². The van der Waals surface area contributed by atoms with Gasteiger partial charge in [0.1, 0.15) is 5.60 Å². The molecule has 1 aromatic heterocycles. The first-order valence-corrected chi connectivity index (χ1v) is 5.27. The Morgan fingerprint density at radius 2 is 2.18 bits per heavy atom. The van der Waals surface area contributed by atoms with E-state index in [1.54, 1.807) is 13.8 Å². The Bertz CT molecular complexity index is 461. The van der Waals surface area contributed by atoms with Gasteiger partial charge in [-0.3, -0.25) is 15.1 Å². The molecule has 0 bridgehead atoms. The Balaban J connectivity index is 2.34. The largest absolute Gasteiger partial charge is 0.347 e. The summed E-state index contributed by atoms with van der Waals surface area (Å²) in [7, 11) is 0. The van der Waals surface area contributed by atoms with Crippen LogP contribution in [0.4, 0.5) is 5.69 Å². The van der Waals surface area contributed by atoms with Crippen molar-refractivity contribution in [1.29, 1.82) is 0 Å². The van der Waals surface area contributed by atoms with Gasteiger partial charge in [0, 0.05) is 18.3 Å². The van der Waals surface area contributed by atoms with Crippen LogP contribution in [0.5, 0.6) is 0 Å². The third-order valence-electron chi connectivity index (χ3n) is 2.66. The molecular formula is C11H14N2O4. The van der Waals surface area contributed by atoms with Gasteiger partial charge in [-0.15, -0.1) is 0 Å². The monoisotopic (exact) mass is 238 g/mol. The average molecular weight is 238 g/mol. The first-order chi connectivity index (χ1) is 7.82. The van der Waals surface area contributed by atoms with Gasteiger partial charge in [-0.1, -0.05) is 0 Å². The lowest BCUT2D eigenvalue weighted by molar-refractivity contribution is -0.385. The SMILES string of the molecule is CC1(C)OC[C@@](C)(c2cc([N+](=O)[O-])ccn2)O1. The molecule has 92 valence electrons. The summed E-state index contributed by atoms with van der Waals surface area (Å²) in [6.07, 6.45) is 1.41. The van der Waals surface area contributed by atoms with Crippen LogP contribution >= 0.6 is 0 Å². The van der Waals surface area contributed by atoms with Crippen LogP contribution < -0.4 is 0 Å². The standard InChI is InChI=1S/C11H14N2O4/c1-10(2)16-7-11(3,17-10)9-6-8(13(14)15)4-5-12-9/h4-6H,7H2,1-3H3/t11-/m0/s1. The molecule has 1 aliphatic heterocycles. The van der Waals surface area contributed by atoms with Crippen molar-refractivity contribution in [2.45, 2.75) is 32.2 Å². The van der Waals surface area contributed by atoms with Crippen molar-refractivity contribution >= 4 is 5.69 Å². The Hall–Kier alpha value is -1.53. The molecule has 0 aliphatic carbocycles. The number of hydrogen-bond acceptors (Lipinski definition) is 5. The van der Waals surface area contributed by atoms with E-state index >= 15 is 0 Å². The predicted octanol–water partition coefficient (Wildman–Crippen LogP) is 1.99. The highest BCUT2D eigenvalue weighted by Crippen LogP contribution is 2.38. The molecule has 6 nitrogen and oxygen atoms in total. The zero-order valence-electron chi connectivity index (χ0n) is 9.97. The van der Waals surface area contributed by atoms with Gasteiger partial charge < -0.3 is 9.47 Å². The number of aromatic nitrogens is 1. The average Bonchev–Trinajstić information content (AvgIpc) is 2.55. The van der Waals surface area contributed by atoms with Crippen LogP contribution in [0.15, 0.2) is 18.3 Å².